The second-order valence-electron chi connectivity index (χ2n) is 4.22. The van der Waals surface area contributed by atoms with E-state index in [9.17, 15) is 8.42 Å². The SMILES string of the molecule is CC(C)=CNC(N)=NCCCCCN.CS(=O)(=O)O. The lowest BCUT2D eigenvalue weighted by Crippen LogP contribution is -2.27. The van der Waals surface area contributed by atoms with Crippen LogP contribution in [0.15, 0.2) is 16.8 Å². The Balaban J connectivity index is 0. The number of nitrogens with zero attached hydrogens (tertiary/aromatic N) is 1. The van der Waals surface area contributed by atoms with E-state index in [0.717, 1.165) is 32.4 Å². The number of allylic oxidation sites excluding steroid dienone is 1. The Labute approximate surface area is 115 Å². The monoisotopic (exact) mass is 294 g/mol. The molecule has 0 spiro atoms. The average molecular weight is 294 g/mol. The highest BCUT2D eigenvalue weighted by atomic mass is 32.2. The van der Waals surface area contributed by atoms with Crippen LogP contribution in [0.1, 0.15) is 33.1 Å². The van der Waals surface area contributed by atoms with Crippen molar-refractivity contribution in [3.05, 3.63) is 11.8 Å². The van der Waals surface area contributed by atoms with Gasteiger partial charge in [0.25, 0.3) is 10.1 Å². The number of nitrogens with two attached hydrogens (primary N) is 2. The van der Waals surface area contributed by atoms with Gasteiger partial charge >= 0.3 is 0 Å². The van der Waals surface area contributed by atoms with Crippen LogP contribution in [0.2, 0.25) is 0 Å². The highest BCUT2D eigenvalue weighted by molar-refractivity contribution is 7.85. The molecule has 0 aliphatic carbocycles. The molecule has 7 nitrogen and oxygen atoms in total. The molecule has 0 rings (SSSR count). The third kappa shape index (κ3) is 31.6. The number of guanidine groups is 1. The van der Waals surface area contributed by atoms with Crippen molar-refractivity contribution in [3.63, 3.8) is 0 Å². The summed E-state index contributed by atoms with van der Waals surface area (Å²) in [6.45, 7) is 5.54. The van der Waals surface area contributed by atoms with Crippen LogP contribution in [0.25, 0.3) is 0 Å². The second kappa shape index (κ2) is 11.9. The third-order valence-electron chi connectivity index (χ3n) is 1.65. The summed E-state index contributed by atoms with van der Waals surface area (Å²) >= 11 is 0. The van der Waals surface area contributed by atoms with Gasteiger partial charge in [0, 0.05) is 12.7 Å². The van der Waals surface area contributed by atoms with Crippen LogP contribution in [0, 0.1) is 0 Å². The number of unbranched alkanes of at least 4 members (excludes halogenated alkanes) is 2. The van der Waals surface area contributed by atoms with Gasteiger partial charge < -0.3 is 16.8 Å². The van der Waals surface area contributed by atoms with Crippen molar-refractivity contribution in [2.75, 3.05) is 19.3 Å². The molecule has 8 heteroatoms. The van der Waals surface area contributed by atoms with Crippen LogP contribution in [-0.4, -0.2) is 38.3 Å². The molecule has 0 bridgehead atoms. The molecule has 6 N–H and O–H groups in total. The molecule has 0 saturated carbocycles. The van der Waals surface area contributed by atoms with Gasteiger partial charge in [0.1, 0.15) is 0 Å². The normalized spacial score (nSPS) is 11.3. The number of hydrogen-bond donors (Lipinski definition) is 4. The fourth-order valence-electron chi connectivity index (χ4n) is 0.896. The van der Waals surface area contributed by atoms with E-state index in [2.05, 4.69) is 10.3 Å². The Morgan fingerprint density at radius 2 is 1.84 bits per heavy atom. The zero-order chi connectivity index (χ0) is 15.3. The summed E-state index contributed by atoms with van der Waals surface area (Å²) in [5.74, 6) is 0.485. The maximum Gasteiger partial charge on any atom is 0.261 e. The van der Waals surface area contributed by atoms with Crippen molar-refractivity contribution >= 4 is 16.1 Å². The molecular weight excluding hydrogens is 268 g/mol. The van der Waals surface area contributed by atoms with E-state index < -0.39 is 10.1 Å². The van der Waals surface area contributed by atoms with Gasteiger partial charge in [0.15, 0.2) is 5.96 Å². The van der Waals surface area contributed by atoms with Gasteiger partial charge in [-0.15, -0.1) is 0 Å². The molecule has 0 radical (unpaired) electrons. The Kier molecular flexibility index (Phi) is 12.7. The second-order valence-corrected chi connectivity index (χ2v) is 5.68. The van der Waals surface area contributed by atoms with Crippen LogP contribution in [0.3, 0.4) is 0 Å². The molecule has 0 aromatic heterocycles. The largest absolute Gasteiger partial charge is 0.370 e. The van der Waals surface area contributed by atoms with E-state index in [0.29, 0.717) is 12.2 Å². The molecule has 0 aliphatic heterocycles. The summed E-state index contributed by atoms with van der Waals surface area (Å²) in [5.41, 5.74) is 12.1. The van der Waals surface area contributed by atoms with Crippen molar-refractivity contribution in [1.29, 1.82) is 0 Å². The van der Waals surface area contributed by atoms with Crippen molar-refractivity contribution in [2.24, 2.45) is 16.5 Å². The van der Waals surface area contributed by atoms with Crippen molar-refractivity contribution in [2.45, 2.75) is 33.1 Å². The minimum absolute atomic E-state index is 0.485. The Bertz CT molecular complexity index is 365. The lowest BCUT2D eigenvalue weighted by atomic mass is 10.2. The van der Waals surface area contributed by atoms with E-state index in [-0.39, 0.29) is 0 Å². The topological polar surface area (TPSA) is 131 Å². The zero-order valence-electron chi connectivity index (χ0n) is 11.9. The van der Waals surface area contributed by atoms with Gasteiger partial charge in [0.2, 0.25) is 0 Å². The van der Waals surface area contributed by atoms with Crippen molar-refractivity contribution in [3.8, 4) is 0 Å². The molecule has 0 fully saturated rings. The molecule has 0 atom stereocenters. The highest BCUT2D eigenvalue weighted by Gasteiger charge is 1.88. The first kappa shape index (κ1) is 20.2. The molecular formula is C11H26N4O3S. The van der Waals surface area contributed by atoms with E-state index in [1.807, 2.05) is 20.0 Å². The Morgan fingerprint density at radius 3 is 2.26 bits per heavy atom. The van der Waals surface area contributed by atoms with Gasteiger partial charge in [-0.05, 0) is 33.2 Å². The Morgan fingerprint density at radius 1 is 1.32 bits per heavy atom. The van der Waals surface area contributed by atoms with Gasteiger partial charge in [-0.2, -0.15) is 8.42 Å². The van der Waals surface area contributed by atoms with Crippen LogP contribution >= 0.6 is 0 Å². The number of nitrogens with one attached hydrogen (secondary N) is 1. The molecule has 19 heavy (non-hydrogen) atoms. The zero-order valence-corrected chi connectivity index (χ0v) is 12.7. The molecule has 114 valence electrons. The summed E-state index contributed by atoms with van der Waals surface area (Å²) < 4.78 is 25.9. The smallest absolute Gasteiger partial charge is 0.261 e. The van der Waals surface area contributed by atoms with Gasteiger partial charge in [-0.3, -0.25) is 9.55 Å². The van der Waals surface area contributed by atoms with E-state index in [1.165, 1.54) is 5.57 Å². The summed E-state index contributed by atoms with van der Waals surface area (Å²) in [7, 11) is -3.67. The van der Waals surface area contributed by atoms with E-state index >= 15 is 0 Å². The van der Waals surface area contributed by atoms with Gasteiger partial charge in [0.05, 0.1) is 6.26 Å². The maximum absolute atomic E-state index is 9.19. The number of rotatable bonds is 6. The number of hydrogen-bond acceptors (Lipinski definition) is 4. The fraction of sp³-hybridized carbons (Fsp3) is 0.727. The summed E-state index contributed by atoms with van der Waals surface area (Å²) in [6, 6.07) is 0. The summed E-state index contributed by atoms with van der Waals surface area (Å²) in [4.78, 5) is 4.17. The average Bonchev–Trinajstić information content (AvgIpc) is 2.24. The van der Waals surface area contributed by atoms with Crippen LogP contribution in [-0.2, 0) is 10.1 Å². The first-order valence-electron chi connectivity index (χ1n) is 5.99. The third-order valence-corrected chi connectivity index (χ3v) is 1.65. The van der Waals surface area contributed by atoms with E-state index in [4.69, 9.17) is 16.0 Å². The minimum Gasteiger partial charge on any atom is -0.370 e. The lowest BCUT2D eigenvalue weighted by molar-refractivity contribution is 0.490. The molecule has 0 aromatic rings. The molecule has 0 heterocycles. The predicted molar refractivity (Wildman–Crippen MR) is 79.4 cm³/mol. The van der Waals surface area contributed by atoms with E-state index in [1.54, 1.807) is 0 Å². The Hall–Kier alpha value is -1.12. The highest BCUT2D eigenvalue weighted by Crippen LogP contribution is 1.93. The maximum atomic E-state index is 9.19. The van der Waals surface area contributed by atoms with Crippen LogP contribution < -0.4 is 16.8 Å². The fourth-order valence-corrected chi connectivity index (χ4v) is 0.896. The molecule has 0 amide bonds. The van der Waals surface area contributed by atoms with Gasteiger partial charge in [-0.1, -0.05) is 12.0 Å². The number of aliphatic imine (C=N–C) groups is 1. The van der Waals surface area contributed by atoms with Crippen LogP contribution in [0.5, 0.6) is 0 Å². The molecule has 0 aromatic carbocycles. The van der Waals surface area contributed by atoms with Crippen molar-refractivity contribution < 1.29 is 13.0 Å². The van der Waals surface area contributed by atoms with Crippen LogP contribution in [0.4, 0.5) is 0 Å². The first-order chi connectivity index (χ1) is 8.66. The molecule has 0 unspecified atom stereocenters. The van der Waals surface area contributed by atoms with Gasteiger partial charge in [-0.25, -0.2) is 0 Å². The summed E-state index contributed by atoms with van der Waals surface area (Å²) in [5, 5.41) is 2.91. The minimum atomic E-state index is -3.67. The standard InChI is InChI=1S/C10H22N4.CH4O3S/c1-9(2)8-14-10(12)13-7-5-3-4-6-11;1-5(2,3)4/h8H,3-7,11H2,1-2H3,(H3,12,13,14);1H3,(H,2,3,4). The van der Waals surface area contributed by atoms with Crippen molar-refractivity contribution in [1.82, 2.24) is 5.32 Å². The predicted octanol–water partition coefficient (Wildman–Crippen LogP) is 0.447. The first-order valence-corrected chi connectivity index (χ1v) is 7.84. The molecule has 0 aliphatic rings. The lowest BCUT2D eigenvalue weighted by Gasteiger charge is -2.00. The quantitative estimate of drug-likeness (QED) is 0.243. The molecule has 0 saturated heterocycles. The summed E-state index contributed by atoms with van der Waals surface area (Å²) in [6.07, 6.45) is 5.80.